The van der Waals surface area contributed by atoms with Crippen molar-refractivity contribution in [3.05, 3.63) is 59.1 Å². The van der Waals surface area contributed by atoms with Crippen LogP contribution in [-0.2, 0) is 14.9 Å². The van der Waals surface area contributed by atoms with Crippen molar-refractivity contribution in [3.63, 3.8) is 0 Å². The Kier molecular flexibility index (Phi) is 4.88. The number of nitrogens with zero attached hydrogens (tertiary/aromatic N) is 1. The molecular formula is C21H23ClN2O2. The number of rotatable bonds is 4. The van der Waals surface area contributed by atoms with Crippen LogP contribution >= 0.6 is 11.6 Å². The molecule has 1 aliphatic carbocycles. The van der Waals surface area contributed by atoms with Crippen molar-refractivity contribution in [2.24, 2.45) is 0 Å². The van der Waals surface area contributed by atoms with E-state index in [1.54, 1.807) is 0 Å². The normalized spacial score (nSPS) is 18.9. The summed E-state index contributed by atoms with van der Waals surface area (Å²) in [5.41, 5.74) is 2.64. The molecule has 0 atom stereocenters. The summed E-state index contributed by atoms with van der Waals surface area (Å²) in [5.74, 6) is 0.0743. The third-order valence-electron chi connectivity index (χ3n) is 5.54. The van der Waals surface area contributed by atoms with Gasteiger partial charge in [-0.15, -0.1) is 0 Å². The zero-order chi connectivity index (χ0) is 18.0. The maximum absolute atomic E-state index is 13.0. The van der Waals surface area contributed by atoms with Gasteiger partial charge in [-0.05, 0) is 54.8 Å². The number of amides is 1. The lowest BCUT2D eigenvalue weighted by molar-refractivity contribution is -0.124. The number of carbonyl (C=O) groups excluding carboxylic acids is 1. The lowest BCUT2D eigenvalue weighted by atomic mass is 9.64. The van der Waals surface area contributed by atoms with Crippen LogP contribution in [0.5, 0.6) is 0 Å². The highest BCUT2D eigenvalue weighted by atomic mass is 35.5. The molecule has 1 saturated heterocycles. The van der Waals surface area contributed by atoms with Crippen molar-refractivity contribution < 1.29 is 9.53 Å². The van der Waals surface area contributed by atoms with Gasteiger partial charge < -0.3 is 15.0 Å². The first-order valence-corrected chi connectivity index (χ1v) is 9.55. The number of anilines is 2. The summed E-state index contributed by atoms with van der Waals surface area (Å²) in [5, 5.41) is 3.81. The van der Waals surface area contributed by atoms with Gasteiger partial charge in [0, 0.05) is 29.5 Å². The molecule has 1 N–H and O–H groups in total. The van der Waals surface area contributed by atoms with Crippen molar-refractivity contribution >= 4 is 28.9 Å². The minimum Gasteiger partial charge on any atom is -0.378 e. The quantitative estimate of drug-likeness (QED) is 0.875. The lowest BCUT2D eigenvalue weighted by Gasteiger charge is -2.40. The second kappa shape index (κ2) is 7.29. The summed E-state index contributed by atoms with van der Waals surface area (Å²) < 4.78 is 5.40. The highest BCUT2D eigenvalue weighted by Crippen LogP contribution is 2.44. The first-order valence-electron chi connectivity index (χ1n) is 9.18. The molecule has 26 heavy (non-hydrogen) atoms. The van der Waals surface area contributed by atoms with Gasteiger partial charge >= 0.3 is 0 Å². The highest BCUT2D eigenvalue weighted by Gasteiger charge is 2.45. The number of hydrogen-bond acceptors (Lipinski definition) is 3. The van der Waals surface area contributed by atoms with Gasteiger partial charge in [0.15, 0.2) is 0 Å². The van der Waals surface area contributed by atoms with E-state index in [0.29, 0.717) is 5.02 Å². The van der Waals surface area contributed by atoms with Crippen LogP contribution in [0.25, 0.3) is 0 Å². The standard InChI is InChI=1S/C21H23ClN2O2/c22-17-4-2-16(3-5-17)21(10-1-11-21)20(25)23-18-6-8-19(9-7-18)24-12-14-26-15-13-24/h2-9H,1,10-15H2,(H,23,25). The first-order chi connectivity index (χ1) is 12.7. The summed E-state index contributed by atoms with van der Waals surface area (Å²) in [4.78, 5) is 15.3. The molecule has 1 heterocycles. The van der Waals surface area contributed by atoms with E-state index >= 15 is 0 Å². The number of nitrogens with one attached hydrogen (secondary N) is 1. The smallest absolute Gasteiger partial charge is 0.235 e. The zero-order valence-corrected chi connectivity index (χ0v) is 15.5. The number of ether oxygens (including phenoxy) is 1. The highest BCUT2D eigenvalue weighted by molar-refractivity contribution is 6.30. The van der Waals surface area contributed by atoms with Crippen LogP contribution in [-0.4, -0.2) is 32.2 Å². The van der Waals surface area contributed by atoms with Crippen molar-refractivity contribution in [2.75, 3.05) is 36.5 Å². The van der Waals surface area contributed by atoms with E-state index in [1.807, 2.05) is 36.4 Å². The predicted octanol–water partition coefficient (Wildman–Crippen LogP) is 4.24. The Balaban J connectivity index is 1.47. The second-order valence-corrected chi connectivity index (χ2v) is 7.48. The largest absolute Gasteiger partial charge is 0.378 e. The van der Waals surface area contributed by atoms with Crippen LogP contribution < -0.4 is 10.2 Å². The lowest BCUT2D eigenvalue weighted by Crippen LogP contribution is -2.46. The molecule has 0 radical (unpaired) electrons. The fourth-order valence-corrected chi connectivity index (χ4v) is 3.90. The molecule has 0 spiro atoms. The summed E-state index contributed by atoms with van der Waals surface area (Å²) in [6.07, 6.45) is 2.84. The second-order valence-electron chi connectivity index (χ2n) is 7.04. The van der Waals surface area contributed by atoms with Gasteiger partial charge in [-0.2, -0.15) is 0 Å². The number of hydrogen-bond donors (Lipinski definition) is 1. The minimum absolute atomic E-state index is 0.0743. The van der Waals surface area contributed by atoms with Crippen LogP contribution in [0.4, 0.5) is 11.4 Å². The van der Waals surface area contributed by atoms with E-state index in [2.05, 4.69) is 22.3 Å². The van der Waals surface area contributed by atoms with E-state index in [4.69, 9.17) is 16.3 Å². The van der Waals surface area contributed by atoms with E-state index < -0.39 is 5.41 Å². The molecule has 4 rings (SSSR count). The molecule has 2 aliphatic rings. The zero-order valence-electron chi connectivity index (χ0n) is 14.7. The van der Waals surface area contributed by atoms with Gasteiger partial charge in [-0.1, -0.05) is 30.2 Å². The van der Waals surface area contributed by atoms with Crippen molar-refractivity contribution in [2.45, 2.75) is 24.7 Å². The monoisotopic (exact) mass is 370 g/mol. The van der Waals surface area contributed by atoms with Crippen LogP contribution in [0.1, 0.15) is 24.8 Å². The summed E-state index contributed by atoms with van der Waals surface area (Å²) in [6, 6.07) is 15.8. The molecule has 1 saturated carbocycles. The maximum atomic E-state index is 13.0. The molecule has 0 bridgehead atoms. The molecule has 2 fully saturated rings. The molecule has 136 valence electrons. The fraction of sp³-hybridized carbons (Fsp3) is 0.381. The number of morpholine rings is 1. The molecule has 5 heteroatoms. The Labute approximate surface area is 159 Å². The first kappa shape index (κ1) is 17.4. The fourth-order valence-electron chi connectivity index (χ4n) is 3.77. The van der Waals surface area contributed by atoms with E-state index in [0.717, 1.165) is 56.8 Å². The number of halogens is 1. The summed E-state index contributed by atoms with van der Waals surface area (Å²) in [6.45, 7) is 3.35. The van der Waals surface area contributed by atoms with E-state index in [9.17, 15) is 4.79 Å². The number of benzene rings is 2. The minimum atomic E-state index is -0.423. The average Bonchev–Trinajstić information content (AvgIpc) is 2.64. The van der Waals surface area contributed by atoms with E-state index in [1.165, 1.54) is 5.69 Å². The van der Waals surface area contributed by atoms with Crippen LogP contribution in [0.15, 0.2) is 48.5 Å². The predicted molar refractivity (Wildman–Crippen MR) is 105 cm³/mol. The van der Waals surface area contributed by atoms with Gasteiger partial charge in [0.05, 0.1) is 18.6 Å². The third-order valence-corrected chi connectivity index (χ3v) is 5.79. The van der Waals surface area contributed by atoms with Gasteiger partial charge in [0.2, 0.25) is 5.91 Å². The molecule has 2 aromatic rings. The Bertz CT molecular complexity index is 764. The molecule has 1 amide bonds. The van der Waals surface area contributed by atoms with Crippen molar-refractivity contribution in [1.82, 2.24) is 0 Å². The summed E-state index contributed by atoms with van der Waals surface area (Å²) in [7, 11) is 0. The molecule has 1 aliphatic heterocycles. The Morgan fingerprint density at radius 3 is 2.23 bits per heavy atom. The van der Waals surface area contributed by atoms with Crippen LogP contribution in [0.2, 0.25) is 5.02 Å². The van der Waals surface area contributed by atoms with Gasteiger partial charge in [-0.3, -0.25) is 4.79 Å². The third kappa shape index (κ3) is 3.31. The molecule has 0 unspecified atom stereocenters. The van der Waals surface area contributed by atoms with Crippen molar-refractivity contribution in [1.29, 1.82) is 0 Å². The Hall–Kier alpha value is -2.04. The average molecular weight is 371 g/mol. The van der Waals surface area contributed by atoms with Gasteiger partial charge in [0.25, 0.3) is 0 Å². The maximum Gasteiger partial charge on any atom is 0.235 e. The summed E-state index contributed by atoms with van der Waals surface area (Å²) >= 11 is 6.00. The van der Waals surface area contributed by atoms with Crippen LogP contribution in [0, 0.1) is 0 Å². The number of carbonyl (C=O) groups is 1. The van der Waals surface area contributed by atoms with Gasteiger partial charge in [-0.25, -0.2) is 0 Å². The Morgan fingerprint density at radius 2 is 1.65 bits per heavy atom. The molecular weight excluding hydrogens is 348 g/mol. The van der Waals surface area contributed by atoms with Crippen LogP contribution in [0.3, 0.4) is 0 Å². The van der Waals surface area contributed by atoms with Gasteiger partial charge in [0.1, 0.15) is 0 Å². The Morgan fingerprint density at radius 1 is 1.00 bits per heavy atom. The molecule has 0 aromatic heterocycles. The molecule has 2 aromatic carbocycles. The van der Waals surface area contributed by atoms with Crippen molar-refractivity contribution in [3.8, 4) is 0 Å². The topological polar surface area (TPSA) is 41.6 Å². The molecule has 4 nitrogen and oxygen atoms in total. The SMILES string of the molecule is O=C(Nc1ccc(N2CCOCC2)cc1)C1(c2ccc(Cl)cc2)CCC1. The van der Waals surface area contributed by atoms with E-state index in [-0.39, 0.29) is 5.91 Å².